The number of nitrogens with zero attached hydrogens (tertiary/aromatic N) is 1. The van der Waals surface area contributed by atoms with Gasteiger partial charge < -0.3 is 10.8 Å². The first-order valence-corrected chi connectivity index (χ1v) is 14.5. The van der Waals surface area contributed by atoms with Gasteiger partial charge in [-0.25, -0.2) is 30.0 Å². The number of hydrogen-bond acceptors (Lipinski definition) is 6. The van der Waals surface area contributed by atoms with Gasteiger partial charge in [0, 0.05) is 11.1 Å². The molecule has 0 heterocycles. The Bertz CT molecular complexity index is 1570. The number of carboxylic acids is 1. The predicted octanol–water partition coefficient (Wildman–Crippen LogP) is 4.04. The molecule has 38 heavy (non-hydrogen) atoms. The van der Waals surface area contributed by atoms with Gasteiger partial charge in [-0.05, 0) is 66.6 Å². The first-order chi connectivity index (χ1) is 17.6. The van der Waals surface area contributed by atoms with Crippen LogP contribution in [0.1, 0.15) is 24.1 Å². The number of benzene rings is 3. The summed E-state index contributed by atoms with van der Waals surface area (Å²) in [5, 5.41) is 9.18. The molecule has 14 heteroatoms. The van der Waals surface area contributed by atoms with E-state index >= 15 is 0 Å². The van der Waals surface area contributed by atoms with Crippen LogP contribution in [-0.2, 0) is 30.4 Å². The highest BCUT2D eigenvalue weighted by Crippen LogP contribution is 2.37. The van der Waals surface area contributed by atoms with Gasteiger partial charge in [0.15, 0.2) is 9.84 Å². The zero-order chi connectivity index (χ0) is 28.4. The Morgan fingerprint density at radius 1 is 0.974 bits per heavy atom. The monoisotopic (exact) mass is 590 g/mol. The number of sulfonamides is 1. The zero-order valence-electron chi connectivity index (χ0n) is 19.7. The molecule has 0 bridgehead atoms. The number of sulfone groups is 1. The smallest absolute Gasteiger partial charge is 0.321 e. The van der Waals surface area contributed by atoms with E-state index in [1.165, 1.54) is 19.1 Å². The molecule has 0 aromatic heterocycles. The largest absolute Gasteiger partial charge is 0.480 e. The highest BCUT2D eigenvalue weighted by molar-refractivity contribution is 7.92. The van der Waals surface area contributed by atoms with E-state index < -0.39 is 72.6 Å². The van der Waals surface area contributed by atoms with E-state index in [1.807, 2.05) is 0 Å². The molecule has 204 valence electrons. The zero-order valence-corrected chi connectivity index (χ0v) is 22.1. The van der Waals surface area contributed by atoms with E-state index in [1.54, 1.807) is 0 Å². The minimum atomic E-state index is -4.63. The number of nitrogens with two attached hydrogens (primary N) is 1. The van der Waals surface area contributed by atoms with Gasteiger partial charge >= 0.3 is 5.97 Å². The second kappa shape index (κ2) is 11.3. The van der Waals surface area contributed by atoms with E-state index in [9.17, 15) is 34.8 Å². The first-order valence-electron chi connectivity index (χ1n) is 10.8. The van der Waals surface area contributed by atoms with Crippen molar-refractivity contribution in [2.24, 2.45) is 5.73 Å². The molecule has 0 aliphatic carbocycles. The maximum atomic E-state index is 14.9. The fourth-order valence-electron chi connectivity index (χ4n) is 3.80. The van der Waals surface area contributed by atoms with Gasteiger partial charge in [-0.2, -0.15) is 0 Å². The molecule has 0 saturated heterocycles. The van der Waals surface area contributed by atoms with Crippen LogP contribution in [0, 0.1) is 17.5 Å². The van der Waals surface area contributed by atoms with Gasteiger partial charge in [0.1, 0.15) is 23.5 Å². The average molecular weight is 591 g/mol. The number of aliphatic carboxylic acids is 1. The molecule has 1 unspecified atom stereocenters. The van der Waals surface area contributed by atoms with E-state index in [2.05, 4.69) is 0 Å². The standard InChI is InChI=1S/C24H22ClF3N2O6S2/c1-14(20-8-4-17(26)10-15(20)12-37(33,34)13-22(29)24(31)32)30(23-11-18(27)5-9-21(23)28)38(35,36)19-6-2-16(25)3-7-19/h2-11,14,22H,12-13,29H2,1H3,(H,31,32)/t14-,22?/m1/s1. The molecule has 3 aromatic carbocycles. The second-order valence-electron chi connectivity index (χ2n) is 8.37. The first kappa shape index (κ1) is 29.4. The van der Waals surface area contributed by atoms with Crippen molar-refractivity contribution in [2.75, 3.05) is 10.1 Å². The van der Waals surface area contributed by atoms with Crippen LogP contribution in [0.2, 0.25) is 5.02 Å². The molecule has 0 saturated carbocycles. The molecule has 3 aromatic rings. The Kier molecular flexibility index (Phi) is 8.76. The third-order valence-corrected chi connectivity index (χ3v) is 9.32. The minimum absolute atomic E-state index is 0.0555. The third kappa shape index (κ3) is 6.65. The Morgan fingerprint density at radius 2 is 1.55 bits per heavy atom. The summed E-state index contributed by atoms with van der Waals surface area (Å²) >= 11 is 5.86. The van der Waals surface area contributed by atoms with E-state index in [4.69, 9.17) is 22.4 Å². The van der Waals surface area contributed by atoms with Crippen molar-refractivity contribution in [2.45, 2.75) is 29.7 Å². The summed E-state index contributed by atoms with van der Waals surface area (Å²) in [5.74, 6) is -6.35. The number of carbonyl (C=O) groups is 1. The number of rotatable bonds is 10. The maximum absolute atomic E-state index is 14.9. The summed E-state index contributed by atoms with van der Waals surface area (Å²) in [6.45, 7) is 1.28. The lowest BCUT2D eigenvalue weighted by Crippen LogP contribution is -2.38. The summed E-state index contributed by atoms with van der Waals surface area (Å²) in [6.07, 6.45) is 0. The fourth-order valence-corrected chi connectivity index (χ4v) is 7.09. The van der Waals surface area contributed by atoms with Crippen molar-refractivity contribution in [3.05, 3.63) is 94.3 Å². The van der Waals surface area contributed by atoms with Gasteiger partial charge in [-0.1, -0.05) is 17.7 Å². The molecular weight excluding hydrogens is 569 g/mol. The molecule has 0 amide bonds. The number of carboxylic acid groups (broad SMARTS) is 1. The molecule has 0 radical (unpaired) electrons. The Balaban J connectivity index is 2.19. The van der Waals surface area contributed by atoms with Crippen LogP contribution in [0.25, 0.3) is 0 Å². The van der Waals surface area contributed by atoms with Crippen molar-refractivity contribution in [3.8, 4) is 0 Å². The predicted molar refractivity (Wildman–Crippen MR) is 135 cm³/mol. The van der Waals surface area contributed by atoms with Gasteiger partial charge in [0.2, 0.25) is 0 Å². The average Bonchev–Trinajstić information content (AvgIpc) is 2.81. The Labute approximate surface area is 222 Å². The molecule has 8 nitrogen and oxygen atoms in total. The van der Waals surface area contributed by atoms with E-state index in [0.717, 1.165) is 42.5 Å². The highest BCUT2D eigenvalue weighted by Gasteiger charge is 2.34. The minimum Gasteiger partial charge on any atom is -0.480 e. The highest BCUT2D eigenvalue weighted by atomic mass is 35.5. The SMILES string of the molecule is C[C@H](c1ccc(F)cc1CS(=O)(=O)CC(N)C(=O)O)N(c1cc(F)ccc1F)S(=O)(=O)c1ccc(Cl)cc1. The van der Waals surface area contributed by atoms with Crippen LogP contribution in [0.4, 0.5) is 18.9 Å². The molecule has 0 aliphatic rings. The van der Waals surface area contributed by atoms with Crippen LogP contribution in [0.5, 0.6) is 0 Å². The Morgan fingerprint density at radius 3 is 2.16 bits per heavy atom. The normalized spacial score (nSPS) is 13.6. The molecule has 3 N–H and O–H groups in total. The Hall–Kier alpha value is -3.13. The molecule has 3 rings (SSSR count). The number of hydrogen-bond donors (Lipinski definition) is 2. The summed E-state index contributed by atoms with van der Waals surface area (Å²) in [4.78, 5) is 10.7. The molecule has 0 fully saturated rings. The quantitative estimate of drug-likeness (QED) is 0.364. The van der Waals surface area contributed by atoms with Gasteiger partial charge in [-0.15, -0.1) is 0 Å². The van der Waals surface area contributed by atoms with Crippen LogP contribution < -0.4 is 10.0 Å². The summed E-state index contributed by atoms with van der Waals surface area (Å²) in [7, 11) is -8.87. The topological polar surface area (TPSA) is 135 Å². The molecule has 2 atom stereocenters. The van der Waals surface area contributed by atoms with Crippen LogP contribution >= 0.6 is 11.6 Å². The summed E-state index contributed by atoms with van der Waals surface area (Å²) in [6, 6.07) is 6.78. The third-order valence-electron chi connectivity index (χ3n) is 5.55. The van der Waals surface area contributed by atoms with Crippen molar-refractivity contribution >= 4 is 43.1 Å². The molecular formula is C24H22ClF3N2O6S2. The van der Waals surface area contributed by atoms with Crippen LogP contribution in [-0.4, -0.2) is 39.7 Å². The number of halogens is 4. The van der Waals surface area contributed by atoms with Crippen LogP contribution in [0.15, 0.2) is 65.6 Å². The fraction of sp³-hybridized carbons (Fsp3) is 0.208. The van der Waals surface area contributed by atoms with Crippen molar-refractivity contribution in [1.29, 1.82) is 0 Å². The van der Waals surface area contributed by atoms with E-state index in [0.29, 0.717) is 10.4 Å². The lowest BCUT2D eigenvalue weighted by molar-refractivity contribution is -0.137. The number of anilines is 1. The maximum Gasteiger partial charge on any atom is 0.321 e. The lowest BCUT2D eigenvalue weighted by Gasteiger charge is -2.32. The molecule has 0 spiro atoms. The lowest BCUT2D eigenvalue weighted by atomic mass is 10.0. The van der Waals surface area contributed by atoms with Gasteiger partial charge in [-0.3, -0.25) is 9.10 Å². The van der Waals surface area contributed by atoms with Gasteiger partial charge in [0.25, 0.3) is 10.0 Å². The van der Waals surface area contributed by atoms with Crippen molar-refractivity contribution in [3.63, 3.8) is 0 Å². The second-order valence-corrected chi connectivity index (χ2v) is 12.7. The van der Waals surface area contributed by atoms with Gasteiger partial charge in [0.05, 0.1) is 28.1 Å². The summed E-state index contributed by atoms with van der Waals surface area (Å²) in [5.41, 5.74) is 4.39. The van der Waals surface area contributed by atoms with Crippen molar-refractivity contribution in [1.82, 2.24) is 0 Å². The van der Waals surface area contributed by atoms with Crippen LogP contribution in [0.3, 0.4) is 0 Å². The van der Waals surface area contributed by atoms with E-state index in [-0.39, 0.29) is 21.0 Å². The summed E-state index contributed by atoms with van der Waals surface area (Å²) < 4.78 is 96.6. The molecule has 0 aliphatic heterocycles. The van der Waals surface area contributed by atoms with Crippen molar-refractivity contribution < 1.29 is 39.9 Å².